The molecule has 0 aliphatic heterocycles. The molecule has 1 heterocycles. The fraction of sp³-hybridized carbons (Fsp3) is 0.600. The third-order valence-electron chi connectivity index (χ3n) is 3.00. The summed E-state index contributed by atoms with van der Waals surface area (Å²) < 4.78 is 0.0186. The van der Waals surface area contributed by atoms with E-state index in [9.17, 15) is 5.11 Å². The van der Waals surface area contributed by atoms with Gasteiger partial charge in [0.25, 0.3) is 0 Å². The molecule has 1 atom stereocenters. The van der Waals surface area contributed by atoms with Crippen LogP contribution in [-0.2, 0) is 0 Å². The smallest absolute Gasteiger partial charge is 0.115 e. The number of hydrogen-bond acceptors (Lipinski definition) is 4. The zero-order valence-electron chi connectivity index (χ0n) is 8.18. The van der Waals surface area contributed by atoms with Crippen LogP contribution in [0.5, 0.6) is 0 Å². The standard InChI is InChI=1S/C10H14N2OS/c1-14-10(3-2-4-10)9(13)8-5-11-7-12-6-8/h5-7,9,13H,2-4H2,1H3. The summed E-state index contributed by atoms with van der Waals surface area (Å²) in [6.45, 7) is 0. The largest absolute Gasteiger partial charge is 0.387 e. The van der Waals surface area contributed by atoms with Crippen LogP contribution in [0.1, 0.15) is 30.9 Å². The quantitative estimate of drug-likeness (QED) is 0.826. The third-order valence-corrected chi connectivity index (χ3v) is 4.45. The number of hydrogen-bond donors (Lipinski definition) is 1. The first-order valence-electron chi connectivity index (χ1n) is 4.77. The Morgan fingerprint density at radius 1 is 1.43 bits per heavy atom. The fourth-order valence-corrected chi connectivity index (χ4v) is 2.93. The molecule has 76 valence electrons. The van der Waals surface area contributed by atoms with Crippen LogP contribution in [0.2, 0.25) is 0 Å². The molecule has 1 unspecified atom stereocenters. The highest BCUT2D eigenvalue weighted by Crippen LogP contribution is 2.50. The fourth-order valence-electron chi connectivity index (χ4n) is 1.87. The summed E-state index contributed by atoms with van der Waals surface area (Å²) >= 11 is 1.76. The van der Waals surface area contributed by atoms with Crippen molar-refractivity contribution < 1.29 is 5.11 Å². The Bertz CT molecular complexity index is 295. The van der Waals surface area contributed by atoms with Crippen molar-refractivity contribution in [2.75, 3.05) is 6.26 Å². The van der Waals surface area contributed by atoms with Crippen molar-refractivity contribution in [1.82, 2.24) is 9.97 Å². The molecule has 1 fully saturated rings. The van der Waals surface area contributed by atoms with Crippen LogP contribution >= 0.6 is 11.8 Å². The lowest BCUT2D eigenvalue weighted by Gasteiger charge is -2.44. The first kappa shape index (κ1) is 9.93. The molecule has 3 nitrogen and oxygen atoms in total. The minimum absolute atomic E-state index is 0.0186. The lowest BCUT2D eigenvalue weighted by Crippen LogP contribution is -2.39. The number of aromatic nitrogens is 2. The molecule has 0 aromatic carbocycles. The predicted molar refractivity (Wildman–Crippen MR) is 57.1 cm³/mol. The van der Waals surface area contributed by atoms with Crippen molar-refractivity contribution >= 4 is 11.8 Å². The van der Waals surface area contributed by atoms with Gasteiger partial charge in [0.05, 0.1) is 6.10 Å². The molecule has 1 aromatic rings. The maximum absolute atomic E-state index is 10.2. The van der Waals surface area contributed by atoms with E-state index in [1.54, 1.807) is 24.2 Å². The molecular formula is C10H14N2OS. The van der Waals surface area contributed by atoms with Gasteiger partial charge in [0.1, 0.15) is 6.33 Å². The summed E-state index contributed by atoms with van der Waals surface area (Å²) in [6.07, 6.45) is 9.92. The normalized spacial score (nSPS) is 21.3. The van der Waals surface area contributed by atoms with Crippen LogP contribution in [0.3, 0.4) is 0 Å². The van der Waals surface area contributed by atoms with E-state index >= 15 is 0 Å². The minimum Gasteiger partial charge on any atom is -0.387 e. The summed E-state index contributed by atoms with van der Waals surface area (Å²) in [7, 11) is 0. The molecule has 0 amide bonds. The number of aliphatic hydroxyl groups is 1. The van der Waals surface area contributed by atoms with Gasteiger partial charge in [-0.15, -0.1) is 0 Å². The van der Waals surface area contributed by atoms with Crippen LogP contribution in [0.15, 0.2) is 18.7 Å². The SMILES string of the molecule is CSC1(C(O)c2cncnc2)CCC1. The van der Waals surface area contributed by atoms with Gasteiger partial charge >= 0.3 is 0 Å². The monoisotopic (exact) mass is 210 g/mol. The molecule has 1 aliphatic rings. The average molecular weight is 210 g/mol. The zero-order chi connectivity index (χ0) is 10.0. The summed E-state index contributed by atoms with van der Waals surface area (Å²) in [5.41, 5.74) is 0.835. The maximum atomic E-state index is 10.2. The zero-order valence-corrected chi connectivity index (χ0v) is 9.00. The van der Waals surface area contributed by atoms with Gasteiger partial charge in [-0.1, -0.05) is 6.42 Å². The number of rotatable bonds is 3. The first-order chi connectivity index (χ1) is 6.78. The molecule has 2 rings (SSSR count). The Balaban J connectivity index is 2.19. The van der Waals surface area contributed by atoms with Crippen molar-refractivity contribution in [2.45, 2.75) is 30.1 Å². The van der Waals surface area contributed by atoms with Gasteiger partial charge in [0.15, 0.2) is 0 Å². The van der Waals surface area contributed by atoms with Crippen molar-refractivity contribution in [3.63, 3.8) is 0 Å². The lowest BCUT2D eigenvalue weighted by atomic mass is 9.78. The minimum atomic E-state index is -0.424. The van der Waals surface area contributed by atoms with Crippen molar-refractivity contribution in [3.05, 3.63) is 24.3 Å². The first-order valence-corrected chi connectivity index (χ1v) is 5.99. The highest BCUT2D eigenvalue weighted by Gasteiger charge is 2.43. The van der Waals surface area contributed by atoms with Gasteiger partial charge in [0, 0.05) is 22.7 Å². The van der Waals surface area contributed by atoms with Crippen LogP contribution in [0, 0.1) is 0 Å². The van der Waals surface area contributed by atoms with E-state index in [1.807, 2.05) is 0 Å². The highest BCUT2D eigenvalue weighted by molar-refractivity contribution is 8.00. The molecule has 1 N–H and O–H groups in total. The highest BCUT2D eigenvalue weighted by atomic mass is 32.2. The van der Waals surface area contributed by atoms with Crippen molar-refractivity contribution in [1.29, 1.82) is 0 Å². The van der Waals surface area contributed by atoms with Crippen LogP contribution in [0.25, 0.3) is 0 Å². The maximum Gasteiger partial charge on any atom is 0.115 e. The van der Waals surface area contributed by atoms with E-state index in [4.69, 9.17) is 0 Å². The van der Waals surface area contributed by atoms with E-state index in [-0.39, 0.29) is 4.75 Å². The number of thioether (sulfide) groups is 1. The third kappa shape index (κ3) is 1.53. The molecule has 1 aliphatic carbocycles. The topological polar surface area (TPSA) is 46.0 Å². The van der Waals surface area contributed by atoms with E-state index in [2.05, 4.69) is 16.2 Å². The van der Waals surface area contributed by atoms with E-state index in [1.165, 1.54) is 12.7 Å². The second-order valence-electron chi connectivity index (χ2n) is 3.70. The molecular weight excluding hydrogens is 196 g/mol. The average Bonchev–Trinajstić information content (AvgIpc) is 2.18. The molecule has 4 heteroatoms. The predicted octanol–water partition coefficient (Wildman–Crippen LogP) is 1.80. The molecule has 14 heavy (non-hydrogen) atoms. The molecule has 0 radical (unpaired) electrons. The summed E-state index contributed by atoms with van der Waals surface area (Å²) in [5, 5.41) is 10.2. The van der Waals surface area contributed by atoms with Gasteiger partial charge in [-0.05, 0) is 19.1 Å². The van der Waals surface area contributed by atoms with E-state index in [0.717, 1.165) is 18.4 Å². The second-order valence-corrected chi connectivity index (χ2v) is 4.92. The van der Waals surface area contributed by atoms with Crippen molar-refractivity contribution in [3.8, 4) is 0 Å². The van der Waals surface area contributed by atoms with Crippen LogP contribution in [-0.4, -0.2) is 26.1 Å². The Hall–Kier alpha value is -0.610. The molecule has 0 spiro atoms. The van der Waals surface area contributed by atoms with Gasteiger partial charge in [-0.3, -0.25) is 0 Å². The van der Waals surface area contributed by atoms with Gasteiger partial charge < -0.3 is 5.11 Å². The second kappa shape index (κ2) is 3.87. The summed E-state index contributed by atoms with van der Waals surface area (Å²) in [6, 6.07) is 0. The Morgan fingerprint density at radius 3 is 2.50 bits per heavy atom. The van der Waals surface area contributed by atoms with Crippen LogP contribution in [0.4, 0.5) is 0 Å². The molecule has 0 bridgehead atoms. The summed E-state index contributed by atoms with van der Waals surface area (Å²) in [5.74, 6) is 0. The van der Waals surface area contributed by atoms with Gasteiger partial charge in [-0.2, -0.15) is 11.8 Å². The Kier molecular flexibility index (Phi) is 2.74. The number of nitrogens with zero attached hydrogens (tertiary/aromatic N) is 2. The summed E-state index contributed by atoms with van der Waals surface area (Å²) in [4.78, 5) is 7.86. The molecule has 0 saturated heterocycles. The number of aliphatic hydroxyl groups excluding tert-OH is 1. The van der Waals surface area contributed by atoms with E-state index < -0.39 is 6.10 Å². The van der Waals surface area contributed by atoms with Crippen LogP contribution < -0.4 is 0 Å². The molecule has 1 aromatic heterocycles. The Labute approximate surface area is 88.0 Å². The molecule has 1 saturated carbocycles. The van der Waals surface area contributed by atoms with Crippen molar-refractivity contribution in [2.24, 2.45) is 0 Å². The lowest BCUT2D eigenvalue weighted by molar-refractivity contribution is 0.0870. The Morgan fingerprint density at radius 2 is 2.07 bits per heavy atom. The van der Waals surface area contributed by atoms with E-state index in [0.29, 0.717) is 0 Å². The van der Waals surface area contributed by atoms with Gasteiger partial charge in [0.2, 0.25) is 0 Å². The van der Waals surface area contributed by atoms with Gasteiger partial charge in [-0.25, -0.2) is 9.97 Å².